The molecule has 15 heavy (non-hydrogen) atoms. The highest BCUT2D eigenvalue weighted by Crippen LogP contribution is 2.16. The molecule has 0 aliphatic carbocycles. The first-order valence-electron chi connectivity index (χ1n) is 4.60. The maximum atomic E-state index is 5.56. The lowest BCUT2D eigenvalue weighted by Crippen LogP contribution is -2.54. The summed E-state index contributed by atoms with van der Waals surface area (Å²) in [5, 5.41) is 0. The lowest BCUT2D eigenvalue weighted by molar-refractivity contribution is 0.0413. The third-order valence-electron chi connectivity index (χ3n) is 1.93. The molecule has 0 aromatic heterocycles. The van der Waals surface area contributed by atoms with Crippen LogP contribution < -0.4 is 0 Å². The summed E-state index contributed by atoms with van der Waals surface area (Å²) in [7, 11) is 1.83. The molecule has 0 spiro atoms. The molecule has 1 atom stereocenters. The second kappa shape index (κ2) is 6.92. The van der Waals surface area contributed by atoms with E-state index in [0.29, 0.717) is 6.61 Å². The normalized spacial score (nSPS) is 13.6. The maximum absolute atomic E-state index is 5.56. The van der Waals surface area contributed by atoms with Gasteiger partial charge in [-0.15, -0.1) is 6.58 Å². The van der Waals surface area contributed by atoms with Crippen molar-refractivity contribution in [2.45, 2.75) is 12.7 Å². The maximum Gasteiger partial charge on any atom is 0.534 e. The van der Waals surface area contributed by atoms with Gasteiger partial charge in [0.1, 0.15) is 5.73 Å². The average molecular weight is 232 g/mol. The van der Waals surface area contributed by atoms with Crippen molar-refractivity contribution in [2.75, 3.05) is 27.9 Å². The molecule has 0 bridgehead atoms. The molecule has 0 fully saturated rings. The predicted molar refractivity (Wildman–Crippen MR) is 61.5 cm³/mol. The molecule has 4 nitrogen and oxygen atoms in total. The van der Waals surface area contributed by atoms with Gasteiger partial charge in [0.25, 0.3) is 0 Å². The van der Waals surface area contributed by atoms with E-state index in [9.17, 15) is 0 Å². The van der Waals surface area contributed by atoms with Gasteiger partial charge in [-0.05, 0) is 6.92 Å². The van der Waals surface area contributed by atoms with E-state index in [-0.39, 0.29) is 5.73 Å². The van der Waals surface area contributed by atoms with Crippen molar-refractivity contribution >= 4 is 8.80 Å². The Morgan fingerprint density at radius 1 is 1.27 bits per heavy atom. The second-order valence-electron chi connectivity index (χ2n) is 3.14. The van der Waals surface area contributed by atoms with Gasteiger partial charge in [-0.1, -0.05) is 18.2 Å². The second-order valence-corrected chi connectivity index (χ2v) is 6.14. The van der Waals surface area contributed by atoms with E-state index in [1.54, 1.807) is 27.4 Å². The smallest absolute Gasteiger partial charge is 0.375 e. The Morgan fingerprint density at radius 3 is 2.00 bits per heavy atom. The van der Waals surface area contributed by atoms with Crippen LogP contribution in [0.3, 0.4) is 0 Å². The molecule has 5 heteroatoms. The summed E-state index contributed by atoms with van der Waals surface area (Å²) in [6, 6.07) is 0. The van der Waals surface area contributed by atoms with Gasteiger partial charge in [-0.3, -0.25) is 0 Å². The van der Waals surface area contributed by atoms with E-state index in [2.05, 4.69) is 13.2 Å². The van der Waals surface area contributed by atoms with Crippen LogP contribution in [0, 0.1) is 0 Å². The lowest BCUT2D eigenvalue weighted by atomic mass is 10.4. The summed E-state index contributed by atoms with van der Waals surface area (Å²) in [6.45, 7) is 9.76. The molecule has 0 heterocycles. The van der Waals surface area contributed by atoms with Crippen LogP contribution in [0.4, 0.5) is 0 Å². The third-order valence-corrected chi connectivity index (χ3v) is 4.73. The Balaban J connectivity index is 4.58. The Bertz CT molecular complexity index is 205. The summed E-state index contributed by atoms with van der Waals surface area (Å²) in [6.07, 6.45) is 1.63. The zero-order valence-corrected chi connectivity index (χ0v) is 10.9. The minimum Gasteiger partial charge on any atom is -0.375 e. The fraction of sp³-hybridized carbons (Fsp3) is 0.600. The van der Waals surface area contributed by atoms with E-state index >= 15 is 0 Å². The van der Waals surface area contributed by atoms with Crippen LogP contribution in [0.5, 0.6) is 0 Å². The standard InChI is InChI=1S/C10H20O4Si/c1-7-10(14-8-9(2)3)15(11-4,12-5)13-6/h7,10H,1-2,8H2,3-6H3. The van der Waals surface area contributed by atoms with Crippen molar-refractivity contribution in [1.82, 2.24) is 0 Å². The Morgan fingerprint density at radius 2 is 1.73 bits per heavy atom. The van der Waals surface area contributed by atoms with Crippen LogP contribution in [0.25, 0.3) is 0 Å². The molecule has 0 aliphatic rings. The van der Waals surface area contributed by atoms with Crippen molar-refractivity contribution < 1.29 is 18.0 Å². The molecular formula is C10H20O4Si. The van der Waals surface area contributed by atoms with Gasteiger partial charge in [0.2, 0.25) is 0 Å². The van der Waals surface area contributed by atoms with Crippen LogP contribution in [0.15, 0.2) is 24.8 Å². The van der Waals surface area contributed by atoms with Gasteiger partial charge in [-0.25, -0.2) is 0 Å². The van der Waals surface area contributed by atoms with Crippen LogP contribution in [-0.4, -0.2) is 42.5 Å². The largest absolute Gasteiger partial charge is 0.534 e. The average Bonchev–Trinajstić information content (AvgIpc) is 2.24. The molecule has 0 rings (SSSR count). The van der Waals surface area contributed by atoms with E-state index in [1.807, 2.05) is 6.92 Å². The molecule has 0 saturated carbocycles. The van der Waals surface area contributed by atoms with Crippen molar-refractivity contribution in [3.05, 3.63) is 24.8 Å². The molecule has 88 valence electrons. The van der Waals surface area contributed by atoms with E-state index < -0.39 is 8.80 Å². The van der Waals surface area contributed by atoms with Crippen LogP contribution in [0.1, 0.15) is 6.92 Å². The highest BCUT2D eigenvalue weighted by Gasteiger charge is 2.47. The van der Waals surface area contributed by atoms with Crippen molar-refractivity contribution in [3.8, 4) is 0 Å². The lowest BCUT2D eigenvalue weighted by Gasteiger charge is -2.30. The summed E-state index contributed by atoms with van der Waals surface area (Å²) in [5.41, 5.74) is 0.544. The number of hydrogen-bond acceptors (Lipinski definition) is 4. The van der Waals surface area contributed by atoms with E-state index in [1.165, 1.54) is 0 Å². The molecule has 0 amide bonds. The molecular weight excluding hydrogens is 212 g/mol. The summed E-state index contributed by atoms with van der Waals surface area (Å²) >= 11 is 0. The zero-order valence-electron chi connectivity index (χ0n) is 9.91. The Labute approximate surface area is 92.8 Å². The summed E-state index contributed by atoms with van der Waals surface area (Å²) < 4.78 is 21.4. The molecule has 0 saturated heterocycles. The van der Waals surface area contributed by atoms with Crippen LogP contribution in [-0.2, 0) is 18.0 Å². The fourth-order valence-electron chi connectivity index (χ4n) is 1.14. The zero-order chi connectivity index (χ0) is 11.9. The van der Waals surface area contributed by atoms with Crippen LogP contribution >= 0.6 is 0 Å². The van der Waals surface area contributed by atoms with E-state index in [4.69, 9.17) is 18.0 Å². The first-order valence-corrected chi connectivity index (χ1v) is 6.40. The quantitative estimate of drug-likeness (QED) is 0.470. The first-order chi connectivity index (χ1) is 7.06. The van der Waals surface area contributed by atoms with Gasteiger partial charge in [0.05, 0.1) is 6.61 Å². The molecule has 0 aromatic rings. The fourth-order valence-corrected chi connectivity index (χ4v) is 2.92. The summed E-state index contributed by atoms with van der Waals surface area (Å²) in [4.78, 5) is 0. The highest BCUT2D eigenvalue weighted by atomic mass is 28.4. The number of hydrogen-bond donors (Lipinski definition) is 0. The monoisotopic (exact) mass is 232 g/mol. The van der Waals surface area contributed by atoms with Crippen molar-refractivity contribution in [2.24, 2.45) is 0 Å². The Hall–Kier alpha value is -0.463. The molecule has 0 aromatic carbocycles. The van der Waals surface area contributed by atoms with Gasteiger partial charge >= 0.3 is 8.80 Å². The molecule has 0 radical (unpaired) electrons. The molecule has 0 aliphatic heterocycles. The topological polar surface area (TPSA) is 36.9 Å². The van der Waals surface area contributed by atoms with Crippen molar-refractivity contribution in [1.29, 1.82) is 0 Å². The third kappa shape index (κ3) is 3.88. The minimum absolute atomic E-state index is 0.380. The van der Waals surface area contributed by atoms with Gasteiger partial charge in [-0.2, -0.15) is 0 Å². The number of ether oxygens (including phenoxy) is 1. The van der Waals surface area contributed by atoms with Gasteiger partial charge < -0.3 is 18.0 Å². The molecule has 0 N–H and O–H groups in total. The molecule has 1 unspecified atom stereocenters. The first kappa shape index (κ1) is 14.5. The van der Waals surface area contributed by atoms with Gasteiger partial charge in [0, 0.05) is 21.3 Å². The highest BCUT2D eigenvalue weighted by molar-refractivity contribution is 6.62. The summed E-state index contributed by atoms with van der Waals surface area (Å²) in [5.74, 6) is 0. The minimum atomic E-state index is -2.80. The number of rotatable bonds is 8. The van der Waals surface area contributed by atoms with Crippen molar-refractivity contribution in [3.63, 3.8) is 0 Å². The van der Waals surface area contributed by atoms with Gasteiger partial charge in [0.15, 0.2) is 0 Å². The van der Waals surface area contributed by atoms with E-state index in [0.717, 1.165) is 5.57 Å². The Kier molecular flexibility index (Phi) is 6.70. The van der Waals surface area contributed by atoms with Crippen LogP contribution in [0.2, 0.25) is 0 Å². The predicted octanol–water partition coefficient (Wildman–Crippen LogP) is 1.55. The SMILES string of the molecule is C=CC(OCC(=C)C)[Si](OC)(OC)OC.